The van der Waals surface area contributed by atoms with Crippen molar-refractivity contribution in [2.24, 2.45) is 0 Å². The fraction of sp³-hybridized carbons (Fsp3) is 0.0290. The van der Waals surface area contributed by atoms with Crippen LogP contribution in [0.25, 0.3) is 122 Å². The summed E-state index contributed by atoms with van der Waals surface area (Å²) in [7, 11) is 0. The summed E-state index contributed by atoms with van der Waals surface area (Å²) in [4.78, 5) is 0. The molecule has 11 aromatic carbocycles. The van der Waals surface area contributed by atoms with Crippen molar-refractivity contribution in [2.45, 2.75) is 13.1 Å². The molecule has 0 fully saturated rings. The van der Waals surface area contributed by atoms with Crippen molar-refractivity contribution in [1.29, 1.82) is 5.26 Å². The van der Waals surface area contributed by atoms with E-state index >= 15 is 13.2 Å². The third-order valence-electron chi connectivity index (χ3n) is 14.7. The first-order valence-corrected chi connectivity index (χ1v) is 24.9. The Morgan fingerprint density at radius 2 is 0.787 bits per heavy atom. The summed E-state index contributed by atoms with van der Waals surface area (Å²) in [6.45, 7) is 1.73. The summed E-state index contributed by atoms with van der Waals surface area (Å²) < 4.78 is 50.7. The number of benzene rings is 11. The highest BCUT2D eigenvalue weighted by Crippen LogP contribution is 2.47. The quantitative estimate of drug-likeness (QED) is 0.149. The van der Waals surface area contributed by atoms with Crippen LogP contribution < -0.4 is 0 Å². The smallest absolute Gasteiger partial charge is 0.309 e. The summed E-state index contributed by atoms with van der Waals surface area (Å²) in [6.07, 6.45) is -4.66. The van der Waals surface area contributed by atoms with Gasteiger partial charge in [-0.05, 0) is 159 Å². The van der Waals surface area contributed by atoms with Crippen molar-refractivity contribution in [3.05, 3.63) is 265 Å². The van der Waals surface area contributed by atoms with Gasteiger partial charge in [0.2, 0.25) is 0 Å². The number of hydrogen-bond donors (Lipinski definition) is 0. The Kier molecular flexibility index (Phi) is 10.9. The molecule has 3 nitrogen and oxygen atoms in total. The van der Waals surface area contributed by atoms with Gasteiger partial charge < -0.3 is 9.13 Å². The first-order valence-electron chi connectivity index (χ1n) is 24.9. The molecule has 0 radical (unpaired) electrons. The largest absolute Gasteiger partial charge is 0.417 e. The van der Waals surface area contributed by atoms with Crippen molar-refractivity contribution in [2.75, 3.05) is 0 Å². The van der Waals surface area contributed by atoms with Crippen LogP contribution in [0, 0.1) is 18.3 Å². The van der Waals surface area contributed by atoms with Gasteiger partial charge in [-0.3, -0.25) is 0 Å². The van der Waals surface area contributed by atoms with E-state index in [1.165, 1.54) is 6.07 Å². The summed E-state index contributed by atoms with van der Waals surface area (Å²) in [6, 6.07) is 85.3. The number of rotatable bonds is 8. The molecule has 0 aliphatic heterocycles. The molecule has 0 spiro atoms. The molecule has 75 heavy (non-hydrogen) atoms. The minimum Gasteiger partial charge on any atom is -0.309 e. The minimum absolute atomic E-state index is 0.0873. The highest BCUT2D eigenvalue weighted by Gasteiger charge is 2.35. The van der Waals surface area contributed by atoms with Crippen LogP contribution in [0.1, 0.15) is 16.7 Å². The average Bonchev–Trinajstić information content (AvgIpc) is 4.04. The highest BCUT2D eigenvalue weighted by atomic mass is 19.4. The second kappa shape index (κ2) is 18.1. The fourth-order valence-electron chi connectivity index (χ4n) is 11.2. The second-order valence-electron chi connectivity index (χ2n) is 19.1. The monoisotopic (exact) mass is 971 g/mol. The Balaban J connectivity index is 1.11. The number of halogens is 3. The van der Waals surface area contributed by atoms with Gasteiger partial charge in [0, 0.05) is 32.8 Å². The number of aromatic nitrogens is 2. The molecule has 13 aromatic rings. The van der Waals surface area contributed by atoms with Crippen molar-refractivity contribution >= 4 is 43.6 Å². The molecule has 356 valence electrons. The number of hydrogen-bond acceptors (Lipinski definition) is 1. The van der Waals surface area contributed by atoms with Crippen LogP contribution in [0.4, 0.5) is 13.2 Å². The lowest BCUT2D eigenvalue weighted by atomic mass is 9.87. The number of nitriles is 1. The maximum atomic E-state index is 15.4. The Bertz CT molecular complexity index is 4200. The van der Waals surface area contributed by atoms with Gasteiger partial charge in [0.1, 0.15) is 0 Å². The van der Waals surface area contributed by atoms with E-state index in [2.05, 4.69) is 137 Å². The zero-order valence-electron chi connectivity index (χ0n) is 40.6. The SMILES string of the molecule is Cc1cccc(C(F)(F)F)c1-c1ccc(-n2c3ccc(-c4ccccc4)cc3c3cc(-c4ccccc4)ccc32)cc1-c1cc(C#N)ccc1-n1c2ccc(-c3ccccc3)cc2c2cc(-c3ccccc3)ccc21. The molecular formula is C69H44F3N3. The molecule has 6 heteroatoms. The summed E-state index contributed by atoms with van der Waals surface area (Å²) >= 11 is 0. The molecule has 0 atom stereocenters. The van der Waals surface area contributed by atoms with Crippen LogP contribution in [0.5, 0.6) is 0 Å². The normalized spacial score (nSPS) is 11.7. The molecule has 0 unspecified atom stereocenters. The van der Waals surface area contributed by atoms with E-state index in [1.54, 1.807) is 19.1 Å². The molecule has 0 N–H and O–H groups in total. The van der Waals surface area contributed by atoms with Gasteiger partial charge in [0.15, 0.2) is 0 Å². The molecule has 2 aromatic heterocycles. The first-order chi connectivity index (χ1) is 36.7. The Morgan fingerprint density at radius 1 is 0.360 bits per heavy atom. The van der Waals surface area contributed by atoms with Crippen molar-refractivity contribution in [3.8, 4) is 84.2 Å². The van der Waals surface area contributed by atoms with E-state index in [9.17, 15) is 5.26 Å². The average molecular weight is 972 g/mol. The molecule has 0 aliphatic carbocycles. The van der Waals surface area contributed by atoms with Gasteiger partial charge in [-0.2, -0.15) is 18.4 Å². The molecule has 0 bridgehead atoms. The van der Waals surface area contributed by atoms with Gasteiger partial charge in [-0.1, -0.05) is 164 Å². The van der Waals surface area contributed by atoms with E-state index in [4.69, 9.17) is 0 Å². The number of aryl methyl sites for hydroxylation is 1. The fourth-order valence-corrected chi connectivity index (χ4v) is 11.2. The standard InChI is InChI=1S/C69H44F3N3/c1-44-15-14-24-62(69(70,71)72)68(44)55-31-30-54(74-63-33-26-50(46-16-6-2-7-17-46)38-58(63)59-39-51(27-34-64(59)74)47-18-8-3-9-19-47)42-56(55)57-37-45(43-73)25-32-65(57)75-66-35-28-52(48-20-10-4-11-21-48)40-60(66)61-41-53(29-36-67(61)75)49-22-12-5-13-23-49/h2-42H,1H3. The molecular weight excluding hydrogens is 928 g/mol. The maximum Gasteiger partial charge on any atom is 0.417 e. The number of alkyl halides is 3. The van der Waals surface area contributed by atoms with Crippen molar-refractivity contribution in [1.82, 2.24) is 9.13 Å². The van der Waals surface area contributed by atoms with Gasteiger partial charge in [0.25, 0.3) is 0 Å². The van der Waals surface area contributed by atoms with Gasteiger partial charge in [0.05, 0.1) is 45.0 Å². The van der Waals surface area contributed by atoms with Crippen molar-refractivity contribution < 1.29 is 13.2 Å². The third kappa shape index (κ3) is 7.85. The predicted molar refractivity (Wildman–Crippen MR) is 302 cm³/mol. The zero-order chi connectivity index (χ0) is 50.8. The molecule has 0 saturated carbocycles. The number of nitrogens with zero attached hydrogens (tertiary/aromatic N) is 3. The lowest BCUT2D eigenvalue weighted by molar-refractivity contribution is -0.137. The molecule has 0 aliphatic rings. The summed E-state index contributed by atoms with van der Waals surface area (Å²) in [5.41, 5.74) is 15.5. The lowest BCUT2D eigenvalue weighted by Crippen LogP contribution is -2.09. The highest BCUT2D eigenvalue weighted by molar-refractivity contribution is 6.14. The van der Waals surface area contributed by atoms with Crippen LogP contribution >= 0.6 is 0 Å². The first kappa shape index (κ1) is 45.2. The summed E-state index contributed by atoms with van der Waals surface area (Å²) in [5, 5.41) is 14.8. The summed E-state index contributed by atoms with van der Waals surface area (Å²) in [5.74, 6) is 0. The van der Waals surface area contributed by atoms with E-state index in [-0.39, 0.29) is 5.56 Å². The van der Waals surface area contributed by atoms with Crippen LogP contribution in [0.15, 0.2) is 249 Å². The molecule has 0 saturated heterocycles. The molecule has 0 amide bonds. The van der Waals surface area contributed by atoms with Gasteiger partial charge in [-0.25, -0.2) is 0 Å². The van der Waals surface area contributed by atoms with Crippen molar-refractivity contribution in [3.63, 3.8) is 0 Å². The second-order valence-corrected chi connectivity index (χ2v) is 19.1. The van der Waals surface area contributed by atoms with Gasteiger partial charge in [-0.15, -0.1) is 0 Å². The van der Waals surface area contributed by atoms with E-state index in [1.807, 2.05) is 103 Å². The lowest BCUT2D eigenvalue weighted by Gasteiger charge is -2.22. The predicted octanol–water partition coefficient (Wildman–Crippen LogP) is 19.1. The van der Waals surface area contributed by atoms with E-state index < -0.39 is 11.7 Å². The van der Waals surface area contributed by atoms with Crippen LogP contribution in [0.3, 0.4) is 0 Å². The topological polar surface area (TPSA) is 33.6 Å². The van der Waals surface area contributed by atoms with Gasteiger partial charge >= 0.3 is 6.18 Å². The Morgan fingerprint density at radius 3 is 1.20 bits per heavy atom. The Hall–Kier alpha value is -9.70. The number of fused-ring (bicyclic) bond motifs is 6. The maximum absolute atomic E-state index is 15.4. The van der Waals surface area contributed by atoms with Crippen LogP contribution in [-0.2, 0) is 6.18 Å². The van der Waals surface area contributed by atoms with Crippen LogP contribution in [0.2, 0.25) is 0 Å². The van der Waals surface area contributed by atoms with E-state index in [0.717, 1.165) is 106 Å². The Labute approximate surface area is 431 Å². The molecule has 2 heterocycles. The minimum atomic E-state index is -4.66. The van der Waals surface area contributed by atoms with Crippen LogP contribution in [-0.4, -0.2) is 9.13 Å². The zero-order valence-corrected chi connectivity index (χ0v) is 40.6. The third-order valence-corrected chi connectivity index (χ3v) is 14.7. The van der Waals surface area contributed by atoms with E-state index in [0.29, 0.717) is 27.8 Å². The molecule has 13 rings (SSSR count).